The van der Waals surface area contributed by atoms with Crippen molar-refractivity contribution >= 4 is 11.7 Å². The van der Waals surface area contributed by atoms with Crippen LogP contribution in [0.5, 0.6) is 5.75 Å². The Bertz CT molecular complexity index is 453. The Labute approximate surface area is 95.0 Å². The van der Waals surface area contributed by atoms with Gasteiger partial charge in [0.15, 0.2) is 0 Å². The summed E-state index contributed by atoms with van der Waals surface area (Å²) in [6, 6.07) is 2.32. The van der Waals surface area contributed by atoms with E-state index in [1.165, 1.54) is 0 Å². The van der Waals surface area contributed by atoms with E-state index in [1.54, 1.807) is 6.07 Å². The van der Waals surface area contributed by atoms with Crippen molar-refractivity contribution in [1.29, 1.82) is 0 Å². The Hall–Kier alpha value is -1.71. The molecule has 0 spiro atoms. The molecule has 4 heteroatoms. The Balaban J connectivity index is 2.36. The number of rotatable bonds is 1. The molecule has 2 rings (SSSR count). The summed E-state index contributed by atoms with van der Waals surface area (Å²) in [7, 11) is 0. The van der Waals surface area contributed by atoms with Gasteiger partial charge in [0.05, 0.1) is 6.54 Å². The average Bonchev–Trinajstić information content (AvgIpc) is 2.74. The van der Waals surface area contributed by atoms with Crippen LogP contribution in [-0.4, -0.2) is 24.3 Å². The Morgan fingerprint density at radius 2 is 2.06 bits per heavy atom. The highest BCUT2D eigenvalue weighted by Crippen LogP contribution is 2.30. The van der Waals surface area contributed by atoms with Crippen LogP contribution in [0, 0.1) is 20.8 Å². The Kier molecular flexibility index (Phi) is 2.73. The zero-order chi connectivity index (χ0) is 11.7. The number of hydrogen-bond donors (Lipinski definition) is 2. The summed E-state index contributed by atoms with van der Waals surface area (Å²) < 4.78 is 5.31. The first-order chi connectivity index (χ1) is 7.59. The largest absolute Gasteiger partial charge is 0.508 e. The van der Waals surface area contributed by atoms with E-state index >= 15 is 0 Å². The third-order valence-electron chi connectivity index (χ3n) is 2.89. The molecule has 0 atom stereocenters. The first-order valence-electron chi connectivity index (χ1n) is 5.33. The molecule has 1 aromatic rings. The lowest BCUT2D eigenvalue weighted by Gasteiger charge is -2.15. The molecule has 16 heavy (non-hydrogen) atoms. The zero-order valence-electron chi connectivity index (χ0n) is 9.79. The van der Waals surface area contributed by atoms with Crippen LogP contribution in [0.4, 0.5) is 5.69 Å². The Morgan fingerprint density at radius 1 is 1.31 bits per heavy atom. The number of benzene rings is 1. The minimum atomic E-state index is 0.329. The van der Waals surface area contributed by atoms with Crippen molar-refractivity contribution in [2.75, 3.05) is 18.5 Å². The number of phenolic OH excluding ortho intramolecular Hbond substituents is 1. The molecule has 0 aliphatic carbocycles. The number of aryl methyl sites for hydroxylation is 1. The number of nitrogens with one attached hydrogen (secondary N) is 1. The van der Waals surface area contributed by atoms with Crippen molar-refractivity contribution < 1.29 is 9.84 Å². The average molecular weight is 220 g/mol. The van der Waals surface area contributed by atoms with Crippen molar-refractivity contribution in [2.24, 2.45) is 4.99 Å². The number of hydrogen-bond acceptors (Lipinski definition) is 4. The minimum absolute atomic E-state index is 0.329. The van der Waals surface area contributed by atoms with Gasteiger partial charge in [0.2, 0.25) is 0 Å². The van der Waals surface area contributed by atoms with E-state index in [2.05, 4.69) is 10.3 Å². The van der Waals surface area contributed by atoms with Gasteiger partial charge in [-0.25, -0.2) is 4.99 Å². The molecule has 0 radical (unpaired) electrons. The molecule has 0 amide bonds. The van der Waals surface area contributed by atoms with E-state index in [4.69, 9.17) is 4.74 Å². The van der Waals surface area contributed by atoms with Crippen LogP contribution >= 0.6 is 0 Å². The maximum atomic E-state index is 9.68. The lowest BCUT2D eigenvalue weighted by molar-refractivity contribution is 0.346. The quantitative estimate of drug-likeness (QED) is 0.713. The number of phenols is 1. The van der Waals surface area contributed by atoms with Gasteiger partial charge >= 0.3 is 0 Å². The number of nitrogens with zero attached hydrogens (tertiary/aromatic N) is 1. The highest BCUT2D eigenvalue weighted by atomic mass is 16.5. The molecule has 0 unspecified atom stereocenters. The third-order valence-corrected chi connectivity index (χ3v) is 2.89. The smallest absolute Gasteiger partial charge is 0.289 e. The standard InChI is InChI=1S/C12H16N2O2/c1-7-6-10(15)8(2)9(3)11(7)14-12-13-4-5-16-12/h6,15H,4-5H2,1-3H3,(H,13,14). The summed E-state index contributed by atoms with van der Waals surface area (Å²) in [6.45, 7) is 7.16. The third kappa shape index (κ3) is 1.83. The molecule has 2 N–H and O–H groups in total. The number of aliphatic imine (C=N–C) groups is 1. The second kappa shape index (κ2) is 4.04. The molecule has 1 aromatic carbocycles. The molecular weight excluding hydrogens is 204 g/mol. The lowest BCUT2D eigenvalue weighted by atomic mass is 10.0. The van der Waals surface area contributed by atoms with Gasteiger partial charge in [0, 0.05) is 5.69 Å². The number of amidine groups is 1. The summed E-state index contributed by atoms with van der Waals surface area (Å²) >= 11 is 0. The van der Waals surface area contributed by atoms with Crippen molar-refractivity contribution in [2.45, 2.75) is 20.8 Å². The fourth-order valence-electron chi connectivity index (χ4n) is 1.77. The van der Waals surface area contributed by atoms with Gasteiger partial charge in [-0.15, -0.1) is 0 Å². The van der Waals surface area contributed by atoms with Gasteiger partial charge in [-0.2, -0.15) is 0 Å². The van der Waals surface area contributed by atoms with Gasteiger partial charge in [0.25, 0.3) is 6.02 Å². The minimum Gasteiger partial charge on any atom is -0.508 e. The van der Waals surface area contributed by atoms with E-state index < -0.39 is 0 Å². The molecule has 86 valence electrons. The predicted molar refractivity (Wildman–Crippen MR) is 64.2 cm³/mol. The van der Waals surface area contributed by atoms with E-state index in [0.717, 1.165) is 22.4 Å². The fraction of sp³-hybridized carbons (Fsp3) is 0.417. The van der Waals surface area contributed by atoms with Crippen molar-refractivity contribution in [3.63, 3.8) is 0 Å². The van der Waals surface area contributed by atoms with Crippen LogP contribution in [-0.2, 0) is 4.74 Å². The highest BCUT2D eigenvalue weighted by Gasteiger charge is 2.13. The van der Waals surface area contributed by atoms with E-state index in [0.29, 0.717) is 24.9 Å². The molecule has 1 heterocycles. The summed E-state index contributed by atoms with van der Waals surface area (Å²) in [5, 5.41) is 12.8. The summed E-state index contributed by atoms with van der Waals surface area (Å²) in [5.74, 6) is 0.329. The predicted octanol–water partition coefficient (Wildman–Crippen LogP) is 2.12. The zero-order valence-corrected chi connectivity index (χ0v) is 9.79. The molecule has 0 saturated carbocycles. The molecule has 1 aliphatic heterocycles. The number of ether oxygens (including phenoxy) is 1. The summed E-state index contributed by atoms with van der Waals surface area (Å²) in [5.41, 5.74) is 3.86. The fourth-order valence-corrected chi connectivity index (χ4v) is 1.77. The van der Waals surface area contributed by atoms with Crippen molar-refractivity contribution in [3.8, 4) is 5.75 Å². The highest BCUT2D eigenvalue weighted by molar-refractivity contribution is 5.92. The van der Waals surface area contributed by atoms with E-state index in [-0.39, 0.29) is 0 Å². The monoisotopic (exact) mass is 220 g/mol. The number of anilines is 1. The first-order valence-corrected chi connectivity index (χ1v) is 5.33. The first kappa shape index (κ1) is 10.8. The summed E-state index contributed by atoms with van der Waals surface area (Å²) in [6.07, 6.45) is 0. The van der Waals surface area contributed by atoms with Crippen LogP contribution in [0.1, 0.15) is 16.7 Å². The van der Waals surface area contributed by atoms with Gasteiger partial charge in [-0.05, 0) is 43.5 Å². The lowest BCUT2D eigenvalue weighted by Crippen LogP contribution is -2.14. The molecule has 4 nitrogen and oxygen atoms in total. The second-order valence-corrected chi connectivity index (χ2v) is 4.00. The molecule has 0 aromatic heterocycles. The number of aromatic hydroxyl groups is 1. The SMILES string of the molecule is Cc1cc(O)c(C)c(C)c1NC1=NCCO1. The summed E-state index contributed by atoms with van der Waals surface area (Å²) in [4.78, 5) is 4.19. The van der Waals surface area contributed by atoms with Gasteiger partial charge in [0.1, 0.15) is 12.4 Å². The molecular formula is C12H16N2O2. The maximum absolute atomic E-state index is 9.68. The van der Waals surface area contributed by atoms with Gasteiger partial charge < -0.3 is 15.2 Å². The van der Waals surface area contributed by atoms with Gasteiger partial charge in [-0.3, -0.25) is 0 Å². The van der Waals surface area contributed by atoms with Crippen LogP contribution in [0.25, 0.3) is 0 Å². The maximum Gasteiger partial charge on any atom is 0.289 e. The van der Waals surface area contributed by atoms with Gasteiger partial charge in [-0.1, -0.05) is 0 Å². The molecule has 0 bridgehead atoms. The van der Waals surface area contributed by atoms with Crippen LogP contribution in [0.15, 0.2) is 11.1 Å². The Morgan fingerprint density at radius 3 is 2.69 bits per heavy atom. The van der Waals surface area contributed by atoms with Crippen LogP contribution in [0.2, 0.25) is 0 Å². The molecule has 0 fully saturated rings. The molecule has 1 aliphatic rings. The second-order valence-electron chi connectivity index (χ2n) is 4.00. The van der Waals surface area contributed by atoms with E-state index in [9.17, 15) is 5.11 Å². The van der Waals surface area contributed by atoms with Crippen LogP contribution < -0.4 is 5.32 Å². The topological polar surface area (TPSA) is 53.8 Å². The van der Waals surface area contributed by atoms with Crippen molar-refractivity contribution in [3.05, 3.63) is 22.8 Å². The van der Waals surface area contributed by atoms with Crippen molar-refractivity contribution in [1.82, 2.24) is 0 Å². The molecule has 0 saturated heterocycles. The van der Waals surface area contributed by atoms with E-state index in [1.807, 2.05) is 20.8 Å². The van der Waals surface area contributed by atoms with Crippen LogP contribution in [0.3, 0.4) is 0 Å². The normalized spacial score (nSPS) is 14.6.